The number of nitrogens with one attached hydrogen (secondary N) is 1. The average molecular weight is 442 g/mol. The zero-order valence-corrected chi connectivity index (χ0v) is 18.4. The van der Waals surface area contributed by atoms with Gasteiger partial charge in [0.15, 0.2) is 5.78 Å². The van der Waals surface area contributed by atoms with Crippen LogP contribution in [0, 0.1) is 0 Å². The fraction of sp³-hybridized carbons (Fsp3) is 0.273. The van der Waals surface area contributed by atoms with Crippen LogP contribution in [-0.2, 0) is 4.79 Å². The summed E-state index contributed by atoms with van der Waals surface area (Å²) >= 11 is 3.17. The zero-order chi connectivity index (χ0) is 21.1. The number of carbonyl (C=O) groups excluding carboxylic acids is 1. The summed E-state index contributed by atoms with van der Waals surface area (Å²) < 4.78 is 10.5. The van der Waals surface area contributed by atoms with Gasteiger partial charge in [-0.05, 0) is 54.1 Å². The summed E-state index contributed by atoms with van der Waals surface area (Å²) in [4.78, 5) is 18.6. The van der Waals surface area contributed by atoms with E-state index in [4.69, 9.17) is 20.2 Å². The number of methoxy groups -OCH3 is 2. The van der Waals surface area contributed by atoms with E-state index >= 15 is 0 Å². The molecular formula is C22H23N3O3S2. The molecule has 0 bridgehead atoms. The number of aromatic nitrogens is 1. The molecule has 4 rings (SSSR count). The second-order valence-electron chi connectivity index (χ2n) is 6.84. The molecule has 30 heavy (non-hydrogen) atoms. The van der Waals surface area contributed by atoms with Crippen molar-refractivity contribution >= 4 is 28.9 Å². The van der Waals surface area contributed by atoms with Crippen molar-refractivity contribution in [2.24, 2.45) is 5.73 Å². The van der Waals surface area contributed by atoms with E-state index in [9.17, 15) is 4.79 Å². The molecule has 3 aromatic rings. The van der Waals surface area contributed by atoms with Crippen molar-refractivity contribution in [1.29, 1.82) is 0 Å². The van der Waals surface area contributed by atoms with E-state index in [2.05, 4.69) is 5.32 Å². The first-order chi connectivity index (χ1) is 14.6. The zero-order valence-electron chi connectivity index (χ0n) is 16.8. The minimum absolute atomic E-state index is 0.0173. The lowest BCUT2D eigenvalue weighted by Crippen LogP contribution is -2.39. The van der Waals surface area contributed by atoms with Crippen molar-refractivity contribution in [2.45, 2.75) is 12.1 Å². The van der Waals surface area contributed by atoms with Gasteiger partial charge in [0.2, 0.25) is 0 Å². The highest BCUT2D eigenvalue weighted by atomic mass is 32.2. The minimum atomic E-state index is -0.754. The minimum Gasteiger partial charge on any atom is -0.497 e. The Labute approximate surface area is 183 Å². The first-order valence-corrected chi connectivity index (χ1v) is 11.5. The topological polar surface area (TPSA) is 86.5 Å². The van der Waals surface area contributed by atoms with Gasteiger partial charge in [-0.25, -0.2) is 4.98 Å². The van der Waals surface area contributed by atoms with E-state index < -0.39 is 6.04 Å². The van der Waals surface area contributed by atoms with Gasteiger partial charge >= 0.3 is 0 Å². The largest absolute Gasteiger partial charge is 0.497 e. The van der Waals surface area contributed by atoms with Gasteiger partial charge in [-0.15, -0.1) is 23.1 Å². The average Bonchev–Trinajstić information content (AvgIpc) is 3.49. The molecule has 2 aromatic carbocycles. The monoisotopic (exact) mass is 441 g/mol. The highest BCUT2D eigenvalue weighted by Gasteiger charge is 2.31. The predicted molar refractivity (Wildman–Crippen MR) is 122 cm³/mol. The number of thiazole rings is 1. The molecule has 2 unspecified atom stereocenters. The van der Waals surface area contributed by atoms with Gasteiger partial charge in [-0.1, -0.05) is 0 Å². The van der Waals surface area contributed by atoms with Crippen LogP contribution in [0.1, 0.15) is 11.0 Å². The molecule has 0 amide bonds. The molecule has 1 aromatic heterocycles. The molecule has 0 radical (unpaired) electrons. The molecule has 1 aliphatic heterocycles. The highest BCUT2D eigenvalue weighted by Crippen LogP contribution is 2.39. The molecule has 156 valence electrons. The number of benzene rings is 2. The van der Waals surface area contributed by atoms with Gasteiger partial charge in [-0.2, -0.15) is 0 Å². The molecule has 1 saturated heterocycles. The predicted octanol–water partition coefficient (Wildman–Crippen LogP) is 3.73. The molecule has 2 heterocycles. The molecule has 0 spiro atoms. The fourth-order valence-electron chi connectivity index (χ4n) is 3.27. The smallest absolute Gasteiger partial charge is 0.174 e. The standard InChI is InChI=1S/C22H23N3O3S2/c1-27-15-7-3-13(4-8-15)19-21(14-5-9-16(28-2)10-6-14)30-22(25-19)18(23)20(26)17-11-29-12-24-17/h3-10,17-18,24H,11-12,23H2,1-2H3. The summed E-state index contributed by atoms with van der Waals surface area (Å²) in [5.41, 5.74) is 9.11. The summed E-state index contributed by atoms with van der Waals surface area (Å²) in [7, 11) is 3.28. The summed E-state index contributed by atoms with van der Waals surface area (Å²) in [6.45, 7) is 0. The lowest BCUT2D eigenvalue weighted by Gasteiger charge is -2.12. The third-order valence-corrected chi connectivity index (χ3v) is 7.12. The Morgan fingerprint density at radius 3 is 2.20 bits per heavy atom. The van der Waals surface area contributed by atoms with Gasteiger partial charge in [0.1, 0.15) is 22.5 Å². The fourth-order valence-corrected chi connectivity index (χ4v) is 5.33. The van der Waals surface area contributed by atoms with Gasteiger partial charge in [-0.3, -0.25) is 10.1 Å². The van der Waals surface area contributed by atoms with Crippen LogP contribution in [0.5, 0.6) is 11.5 Å². The van der Waals surface area contributed by atoms with Crippen LogP contribution < -0.4 is 20.5 Å². The van der Waals surface area contributed by atoms with Crippen LogP contribution in [0.4, 0.5) is 0 Å². The van der Waals surface area contributed by atoms with Crippen LogP contribution in [0.15, 0.2) is 48.5 Å². The lowest BCUT2D eigenvalue weighted by atomic mass is 10.1. The molecule has 2 atom stereocenters. The SMILES string of the molecule is COc1ccc(-c2nc(C(N)C(=O)C3CSCN3)sc2-c2ccc(OC)cc2)cc1. The van der Waals surface area contributed by atoms with E-state index in [1.54, 1.807) is 26.0 Å². The Balaban J connectivity index is 1.74. The Bertz CT molecular complexity index is 948. The van der Waals surface area contributed by atoms with E-state index in [1.165, 1.54) is 11.3 Å². The molecule has 3 N–H and O–H groups in total. The number of thioether (sulfide) groups is 1. The number of Topliss-reactive ketones (excluding diaryl/α,β-unsaturated/α-hetero) is 1. The molecule has 1 aliphatic rings. The molecule has 0 saturated carbocycles. The maximum Gasteiger partial charge on any atom is 0.174 e. The van der Waals surface area contributed by atoms with Crippen molar-refractivity contribution in [3.63, 3.8) is 0 Å². The van der Waals surface area contributed by atoms with E-state index in [0.29, 0.717) is 5.01 Å². The Morgan fingerprint density at radius 2 is 1.67 bits per heavy atom. The van der Waals surface area contributed by atoms with E-state index in [0.717, 1.165) is 44.8 Å². The normalized spacial score (nSPS) is 17.0. The summed E-state index contributed by atoms with van der Waals surface area (Å²) in [6.07, 6.45) is 0. The molecular weight excluding hydrogens is 418 g/mol. The Kier molecular flexibility index (Phi) is 6.38. The van der Waals surface area contributed by atoms with Crippen LogP contribution in [0.2, 0.25) is 0 Å². The third kappa shape index (κ3) is 4.22. The van der Waals surface area contributed by atoms with E-state index in [1.807, 2.05) is 48.5 Å². The van der Waals surface area contributed by atoms with Crippen molar-refractivity contribution in [1.82, 2.24) is 10.3 Å². The number of hydrogen-bond acceptors (Lipinski definition) is 8. The first kappa shape index (κ1) is 20.9. The van der Waals surface area contributed by atoms with Crippen molar-refractivity contribution in [2.75, 3.05) is 25.8 Å². The van der Waals surface area contributed by atoms with Crippen molar-refractivity contribution in [3.8, 4) is 33.2 Å². The lowest BCUT2D eigenvalue weighted by molar-refractivity contribution is -0.121. The first-order valence-electron chi connectivity index (χ1n) is 9.50. The van der Waals surface area contributed by atoms with Crippen LogP contribution in [-0.4, -0.2) is 42.7 Å². The number of nitrogens with zero attached hydrogens (tertiary/aromatic N) is 1. The Hall–Kier alpha value is -2.39. The van der Waals surface area contributed by atoms with Gasteiger partial charge < -0.3 is 15.2 Å². The number of ether oxygens (including phenoxy) is 2. The number of nitrogens with two attached hydrogens (primary N) is 1. The maximum absolute atomic E-state index is 12.8. The quantitative estimate of drug-likeness (QED) is 0.578. The van der Waals surface area contributed by atoms with E-state index in [-0.39, 0.29) is 11.8 Å². The molecule has 8 heteroatoms. The second kappa shape index (κ2) is 9.18. The summed E-state index contributed by atoms with van der Waals surface area (Å²) in [5.74, 6) is 3.06. The number of carbonyl (C=O) groups is 1. The summed E-state index contributed by atoms with van der Waals surface area (Å²) in [6, 6.07) is 14.6. The third-order valence-electron chi connectivity index (χ3n) is 4.99. The van der Waals surface area contributed by atoms with Crippen molar-refractivity contribution < 1.29 is 14.3 Å². The molecule has 0 aliphatic carbocycles. The Morgan fingerprint density at radius 1 is 1.07 bits per heavy atom. The van der Waals surface area contributed by atoms with Crippen LogP contribution >= 0.6 is 23.1 Å². The highest BCUT2D eigenvalue weighted by molar-refractivity contribution is 7.99. The van der Waals surface area contributed by atoms with Crippen LogP contribution in [0.25, 0.3) is 21.7 Å². The number of rotatable bonds is 7. The van der Waals surface area contributed by atoms with Crippen LogP contribution in [0.3, 0.4) is 0 Å². The molecule has 1 fully saturated rings. The van der Waals surface area contributed by atoms with Gasteiger partial charge in [0.25, 0.3) is 0 Å². The second-order valence-corrected chi connectivity index (χ2v) is 8.90. The maximum atomic E-state index is 12.8. The summed E-state index contributed by atoms with van der Waals surface area (Å²) in [5, 5.41) is 3.82. The van der Waals surface area contributed by atoms with Crippen molar-refractivity contribution in [3.05, 3.63) is 53.5 Å². The van der Waals surface area contributed by atoms with Gasteiger partial charge in [0.05, 0.1) is 30.8 Å². The van der Waals surface area contributed by atoms with Gasteiger partial charge in [0, 0.05) is 17.2 Å². The molecule has 6 nitrogen and oxygen atoms in total. The number of ketones is 1. The number of hydrogen-bond donors (Lipinski definition) is 2.